The predicted molar refractivity (Wildman–Crippen MR) is 212 cm³/mol. The third-order valence-corrected chi connectivity index (χ3v) is 9.86. The van der Waals surface area contributed by atoms with Crippen molar-refractivity contribution in [3.05, 3.63) is 188 Å². The number of hydrogen-bond acceptors (Lipinski definition) is 3. The summed E-state index contributed by atoms with van der Waals surface area (Å²) in [4.78, 5) is 2.37. The van der Waals surface area contributed by atoms with E-state index in [0.717, 1.165) is 83.2 Å². The molecule has 0 aliphatic carbocycles. The molecule has 0 aliphatic heterocycles. The molecule has 2 aromatic heterocycles. The lowest BCUT2D eigenvalue weighted by atomic mass is 9.98. The van der Waals surface area contributed by atoms with Crippen LogP contribution in [0.3, 0.4) is 0 Å². The minimum Gasteiger partial charge on any atom is -0.456 e. The fourth-order valence-electron chi connectivity index (χ4n) is 7.46. The van der Waals surface area contributed by atoms with Crippen LogP contribution in [-0.4, -0.2) is 0 Å². The van der Waals surface area contributed by atoms with E-state index in [1.165, 1.54) is 11.1 Å². The molecule has 51 heavy (non-hydrogen) atoms. The molecule has 0 fully saturated rings. The van der Waals surface area contributed by atoms with Gasteiger partial charge in [-0.1, -0.05) is 127 Å². The lowest BCUT2D eigenvalue weighted by Gasteiger charge is -2.27. The second kappa shape index (κ2) is 11.9. The molecule has 0 atom stereocenters. The van der Waals surface area contributed by atoms with Crippen LogP contribution < -0.4 is 4.90 Å². The first-order chi connectivity index (χ1) is 25.3. The van der Waals surface area contributed by atoms with Crippen molar-refractivity contribution in [2.24, 2.45) is 0 Å². The van der Waals surface area contributed by atoms with Crippen LogP contribution in [0.25, 0.3) is 77.3 Å². The van der Waals surface area contributed by atoms with Crippen LogP contribution in [0.15, 0.2) is 197 Å². The van der Waals surface area contributed by atoms with Crippen molar-refractivity contribution in [3.8, 4) is 33.4 Å². The van der Waals surface area contributed by atoms with E-state index < -0.39 is 0 Å². The third-order valence-electron chi connectivity index (χ3n) is 9.86. The van der Waals surface area contributed by atoms with Gasteiger partial charge in [-0.2, -0.15) is 0 Å². The zero-order valence-corrected chi connectivity index (χ0v) is 27.7. The molecule has 240 valence electrons. The molecule has 0 saturated heterocycles. The molecule has 0 radical (unpaired) electrons. The van der Waals surface area contributed by atoms with Gasteiger partial charge in [0.25, 0.3) is 0 Å². The van der Waals surface area contributed by atoms with E-state index in [-0.39, 0.29) is 0 Å². The van der Waals surface area contributed by atoms with Crippen molar-refractivity contribution in [2.45, 2.75) is 0 Å². The Labute approximate surface area is 295 Å². The summed E-state index contributed by atoms with van der Waals surface area (Å²) in [5.74, 6) is 0. The summed E-state index contributed by atoms with van der Waals surface area (Å²) in [5.41, 5.74) is 13.3. The van der Waals surface area contributed by atoms with Crippen LogP contribution in [0.1, 0.15) is 0 Å². The quantitative estimate of drug-likeness (QED) is 0.179. The summed E-state index contributed by atoms with van der Waals surface area (Å²) < 4.78 is 13.1. The first-order valence-electron chi connectivity index (χ1n) is 17.3. The SMILES string of the molecule is c1ccc(-c2cccc(N(c3cccc(-c4ccccc4)c3)c3ccc(-c4ccc5c(c4)oc4ccccc45)c4oc5ccccc5c34)c2)cc1. The van der Waals surface area contributed by atoms with Gasteiger partial charge in [0.05, 0.1) is 11.1 Å². The average molecular weight is 654 g/mol. The predicted octanol–water partition coefficient (Wildman–Crippen LogP) is 14.0. The maximum atomic E-state index is 6.80. The maximum absolute atomic E-state index is 6.80. The molecular weight excluding hydrogens is 623 g/mol. The summed E-state index contributed by atoms with van der Waals surface area (Å²) in [5, 5.41) is 4.35. The Morgan fingerprint density at radius 1 is 0.333 bits per heavy atom. The molecule has 0 saturated carbocycles. The number of nitrogens with zero attached hydrogens (tertiary/aromatic N) is 1. The molecule has 2 heterocycles. The Morgan fingerprint density at radius 2 is 0.882 bits per heavy atom. The van der Waals surface area contributed by atoms with Crippen molar-refractivity contribution in [2.75, 3.05) is 4.90 Å². The van der Waals surface area contributed by atoms with E-state index in [1.807, 2.05) is 18.2 Å². The lowest BCUT2D eigenvalue weighted by Crippen LogP contribution is -2.10. The highest BCUT2D eigenvalue weighted by Crippen LogP contribution is 2.47. The van der Waals surface area contributed by atoms with Gasteiger partial charge in [0.1, 0.15) is 22.3 Å². The van der Waals surface area contributed by atoms with Crippen LogP contribution in [0.2, 0.25) is 0 Å². The minimum absolute atomic E-state index is 0.840. The van der Waals surface area contributed by atoms with Gasteiger partial charge in [-0.15, -0.1) is 0 Å². The van der Waals surface area contributed by atoms with Gasteiger partial charge in [-0.3, -0.25) is 0 Å². The van der Waals surface area contributed by atoms with E-state index >= 15 is 0 Å². The maximum Gasteiger partial charge on any atom is 0.145 e. The molecule has 0 spiro atoms. The van der Waals surface area contributed by atoms with Crippen molar-refractivity contribution in [1.29, 1.82) is 0 Å². The van der Waals surface area contributed by atoms with Crippen molar-refractivity contribution < 1.29 is 8.83 Å². The largest absolute Gasteiger partial charge is 0.456 e. The summed E-state index contributed by atoms with van der Waals surface area (Å²) in [6.07, 6.45) is 0. The molecule has 8 aromatic carbocycles. The highest BCUT2D eigenvalue weighted by atomic mass is 16.3. The minimum atomic E-state index is 0.840. The van der Waals surface area contributed by atoms with Crippen LogP contribution >= 0.6 is 0 Å². The summed E-state index contributed by atoms with van der Waals surface area (Å²) in [6.45, 7) is 0. The molecule has 0 unspecified atom stereocenters. The van der Waals surface area contributed by atoms with Gasteiger partial charge in [0, 0.05) is 33.1 Å². The van der Waals surface area contributed by atoms with E-state index in [0.29, 0.717) is 0 Å². The number of fused-ring (bicyclic) bond motifs is 6. The standard InChI is InChI=1S/C48H31NO2/c1-3-13-32(14-4-1)34-17-11-19-37(29-34)49(38-20-12-18-35(30-38)33-15-5-2-6-16-33)43-28-27-39(48-47(43)42-22-8-10-24-45(42)51-48)36-25-26-41-40-21-7-9-23-44(40)50-46(41)31-36/h1-31H. The fourth-order valence-corrected chi connectivity index (χ4v) is 7.46. The molecule has 3 nitrogen and oxygen atoms in total. The number of para-hydroxylation sites is 2. The first-order valence-corrected chi connectivity index (χ1v) is 17.3. The number of anilines is 3. The van der Waals surface area contributed by atoms with Crippen LogP contribution in [0, 0.1) is 0 Å². The molecule has 0 amide bonds. The van der Waals surface area contributed by atoms with E-state index in [4.69, 9.17) is 8.83 Å². The van der Waals surface area contributed by atoms with Gasteiger partial charge in [0.15, 0.2) is 0 Å². The zero-order chi connectivity index (χ0) is 33.7. The zero-order valence-electron chi connectivity index (χ0n) is 27.7. The van der Waals surface area contributed by atoms with Gasteiger partial charge in [0.2, 0.25) is 0 Å². The normalized spacial score (nSPS) is 11.5. The molecule has 0 aliphatic rings. The molecule has 0 bridgehead atoms. The smallest absolute Gasteiger partial charge is 0.145 e. The topological polar surface area (TPSA) is 29.5 Å². The second-order valence-electron chi connectivity index (χ2n) is 12.9. The molecule has 10 aromatic rings. The molecule has 0 N–H and O–H groups in total. The highest BCUT2D eigenvalue weighted by Gasteiger charge is 2.23. The Balaban J connectivity index is 1.22. The van der Waals surface area contributed by atoms with Gasteiger partial charge in [-0.25, -0.2) is 0 Å². The highest BCUT2D eigenvalue weighted by molar-refractivity contribution is 6.17. The Hall–Kier alpha value is -6.84. The second-order valence-corrected chi connectivity index (χ2v) is 12.9. The number of benzene rings is 8. The molecule has 3 heteroatoms. The van der Waals surface area contributed by atoms with E-state index in [1.54, 1.807) is 0 Å². The van der Waals surface area contributed by atoms with Crippen molar-refractivity contribution in [1.82, 2.24) is 0 Å². The van der Waals surface area contributed by atoms with E-state index in [2.05, 4.69) is 175 Å². The van der Waals surface area contributed by atoms with E-state index in [9.17, 15) is 0 Å². The summed E-state index contributed by atoms with van der Waals surface area (Å²) >= 11 is 0. The fraction of sp³-hybridized carbons (Fsp3) is 0. The van der Waals surface area contributed by atoms with Gasteiger partial charge in [-0.05, 0) is 88.5 Å². The van der Waals surface area contributed by atoms with Gasteiger partial charge < -0.3 is 13.7 Å². The Bertz CT molecular complexity index is 2780. The lowest BCUT2D eigenvalue weighted by molar-refractivity contribution is 0.668. The van der Waals surface area contributed by atoms with Crippen molar-refractivity contribution in [3.63, 3.8) is 0 Å². The van der Waals surface area contributed by atoms with Crippen molar-refractivity contribution >= 4 is 60.9 Å². The molecular formula is C48H31NO2. The average Bonchev–Trinajstić information content (AvgIpc) is 3.78. The Kier molecular flexibility index (Phi) is 6.81. The van der Waals surface area contributed by atoms with Crippen LogP contribution in [0.5, 0.6) is 0 Å². The monoisotopic (exact) mass is 653 g/mol. The number of rotatable bonds is 6. The molecule has 10 rings (SSSR count). The van der Waals surface area contributed by atoms with Crippen LogP contribution in [-0.2, 0) is 0 Å². The van der Waals surface area contributed by atoms with Gasteiger partial charge >= 0.3 is 0 Å². The first kappa shape index (κ1) is 29.1. The summed E-state index contributed by atoms with van der Waals surface area (Å²) in [6, 6.07) is 66.2. The number of hydrogen-bond donors (Lipinski definition) is 0. The summed E-state index contributed by atoms with van der Waals surface area (Å²) in [7, 11) is 0. The van der Waals surface area contributed by atoms with Crippen LogP contribution in [0.4, 0.5) is 17.1 Å². The Morgan fingerprint density at radius 3 is 1.55 bits per heavy atom. The number of furan rings is 2. The third kappa shape index (κ3) is 4.98.